The molecule has 0 spiro atoms. The summed E-state index contributed by atoms with van der Waals surface area (Å²) >= 11 is 0. The van der Waals surface area contributed by atoms with Gasteiger partial charge in [0.25, 0.3) is 5.91 Å². The van der Waals surface area contributed by atoms with Crippen molar-refractivity contribution in [3.63, 3.8) is 0 Å². The van der Waals surface area contributed by atoms with Crippen molar-refractivity contribution >= 4 is 5.91 Å². The summed E-state index contributed by atoms with van der Waals surface area (Å²) < 4.78 is 5.12. The van der Waals surface area contributed by atoms with Crippen molar-refractivity contribution in [3.8, 4) is 0 Å². The molecule has 0 radical (unpaired) electrons. The van der Waals surface area contributed by atoms with Crippen LogP contribution in [-0.2, 0) is 16.1 Å². The maximum absolute atomic E-state index is 12.3. The Balaban J connectivity index is 2.06. The molecule has 1 unspecified atom stereocenters. The molecule has 1 amide bonds. The summed E-state index contributed by atoms with van der Waals surface area (Å²) in [5.74, 6) is -0.0341. The van der Waals surface area contributed by atoms with Gasteiger partial charge in [0.05, 0.1) is 12.2 Å². The normalized spacial score (nSPS) is 16.3. The molecule has 18 heavy (non-hydrogen) atoms. The number of carbonyl (C=O) groups excluding carboxylic acids is 1. The summed E-state index contributed by atoms with van der Waals surface area (Å²) in [4.78, 5) is 18.4. The number of rotatable bonds is 6. The van der Waals surface area contributed by atoms with Crippen LogP contribution in [0.2, 0.25) is 0 Å². The van der Waals surface area contributed by atoms with Gasteiger partial charge in [-0.1, -0.05) is 6.07 Å². The summed E-state index contributed by atoms with van der Waals surface area (Å²) in [5, 5.41) is 0. The van der Waals surface area contributed by atoms with Crippen molar-refractivity contribution in [2.24, 2.45) is 5.73 Å². The van der Waals surface area contributed by atoms with Crippen LogP contribution in [0.1, 0.15) is 18.5 Å². The van der Waals surface area contributed by atoms with Crippen molar-refractivity contribution in [2.75, 3.05) is 13.7 Å². The predicted octanol–water partition coefficient (Wildman–Crippen LogP) is 0.546. The molecule has 0 aliphatic heterocycles. The zero-order chi connectivity index (χ0) is 13.0. The Hall–Kier alpha value is -1.46. The third-order valence-electron chi connectivity index (χ3n) is 3.10. The molecule has 1 heterocycles. The molecule has 1 saturated carbocycles. The van der Waals surface area contributed by atoms with Crippen LogP contribution in [0.15, 0.2) is 24.4 Å². The van der Waals surface area contributed by atoms with Gasteiger partial charge in [0.1, 0.15) is 6.10 Å². The molecule has 0 bridgehead atoms. The second-order valence-corrected chi connectivity index (χ2v) is 4.48. The Labute approximate surface area is 107 Å². The first-order valence-corrected chi connectivity index (χ1v) is 6.19. The summed E-state index contributed by atoms with van der Waals surface area (Å²) in [7, 11) is 1.52. The maximum atomic E-state index is 12.3. The smallest absolute Gasteiger partial charge is 0.253 e. The first kappa shape index (κ1) is 13.0. The summed E-state index contributed by atoms with van der Waals surface area (Å²) in [6.45, 7) is 0.741. The van der Waals surface area contributed by atoms with Gasteiger partial charge in [0.2, 0.25) is 0 Å². The van der Waals surface area contributed by atoms with Gasteiger partial charge in [-0.25, -0.2) is 0 Å². The molecule has 5 heteroatoms. The lowest BCUT2D eigenvalue weighted by Gasteiger charge is -2.25. The van der Waals surface area contributed by atoms with Gasteiger partial charge in [-0.2, -0.15) is 0 Å². The van der Waals surface area contributed by atoms with Gasteiger partial charge in [-0.15, -0.1) is 0 Å². The number of ether oxygens (including phenoxy) is 1. The standard InChI is InChI=1S/C13H19N3O2/c1-18-12(8-14)13(17)16(11-5-6-11)9-10-4-2-3-7-15-10/h2-4,7,11-12H,5-6,8-9,14H2,1H3. The number of amides is 1. The van der Waals surface area contributed by atoms with E-state index >= 15 is 0 Å². The molecular weight excluding hydrogens is 230 g/mol. The highest BCUT2D eigenvalue weighted by molar-refractivity contribution is 5.81. The first-order chi connectivity index (χ1) is 8.76. The van der Waals surface area contributed by atoms with Gasteiger partial charge in [-0.05, 0) is 25.0 Å². The molecule has 1 aromatic rings. The number of hydrogen-bond acceptors (Lipinski definition) is 4. The van der Waals surface area contributed by atoms with Crippen LogP contribution in [-0.4, -0.2) is 41.6 Å². The second kappa shape index (κ2) is 5.93. The van der Waals surface area contributed by atoms with E-state index in [1.165, 1.54) is 7.11 Å². The van der Waals surface area contributed by atoms with E-state index in [1.807, 2.05) is 23.1 Å². The van der Waals surface area contributed by atoms with Crippen molar-refractivity contribution in [2.45, 2.75) is 31.5 Å². The summed E-state index contributed by atoms with van der Waals surface area (Å²) in [5.41, 5.74) is 6.44. The van der Waals surface area contributed by atoms with E-state index in [1.54, 1.807) is 6.20 Å². The fourth-order valence-electron chi connectivity index (χ4n) is 1.92. The summed E-state index contributed by atoms with van der Waals surface area (Å²) in [6.07, 6.45) is 3.30. The molecule has 5 nitrogen and oxygen atoms in total. The molecule has 1 aliphatic carbocycles. The first-order valence-electron chi connectivity index (χ1n) is 6.19. The Morgan fingerprint density at radius 1 is 1.61 bits per heavy atom. The third kappa shape index (κ3) is 3.05. The van der Waals surface area contributed by atoms with E-state index in [9.17, 15) is 4.79 Å². The molecule has 1 aliphatic rings. The minimum Gasteiger partial charge on any atom is -0.370 e. The predicted molar refractivity (Wildman–Crippen MR) is 67.7 cm³/mol. The highest BCUT2D eigenvalue weighted by Crippen LogP contribution is 2.28. The Morgan fingerprint density at radius 3 is 2.89 bits per heavy atom. The lowest BCUT2D eigenvalue weighted by molar-refractivity contribution is -0.142. The second-order valence-electron chi connectivity index (χ2n) is 4.48. The molecule has 0 aromatic carbocycles. The fourth-order valence-corrected chi connectivity index (χ4v) is 1.92. The highest BCUT2D eigenvalue weighted by Gasteiger charge is 2.35. The van der Waals surface area contributed by atoms with Crippen molar-refractivity contribution < 1.29 is 9.53 Å². The Bertz CT molecular complexity index is 388. The van der Waals surface area contributed by atoms with Gasteiger partial charge in [-0.3, -0.25) is 9.78 Å². The molecular formula is C13H19N3O2. The molecule has 1 fully saturated rings. The van der Waals surface area contributed by atoms with Gasteiger partial charge in [0, 0.05) is 25.9 Å². The largest absolute Gasteiger partial charge is 0.370 e. The molecule has 1 atom stereocenters. The van der Waals surface area contributed by atoms with Crippen molar-refractivity contribution in [1.82, 2.24) is 9.88 Å². The average molecular weight is 249 g/mol. The van der Waals surface area contributed by atoms with Crippen LogP contribution in [0, 0.1) is 0 Å². The fraction of sp³-hybridized carbons (Fsp3) is 0.538. The number of pyridine rings is 1. The van der Waals surface area contributed by atoms with E-state index in [0.29, 0.717) is 12.6 Å². The van der Waals surface area contributed by atoms with Crippen LogP contribution in [0.5, 0.6) is 0 Å². The molecule has 2 N–H and O–H groups in total. The zero-order valence-corrected chi connectivity index (χ0v) is 10.6. The van der Waals surface area contributed by atoms with E-state index in [2.05, 4.69) is 4.98 Å². The Kier molecular flexibility index (Phi) is 4.28. The number of nitrogens with two attached hydrogens (primary N) is 1. The molecule has 0 saturated heterocycles. The average Bonchev–Trinajstić information content (AvgIpc) is 3.23. The third-order valence-corrected chi connectivity index (χ3v) is 3.10. The van der Waals surface area contributed by atoms with Crippen LogP contribution >= 0.6 is 0 Å². The van der Waals surface area contributed by atoms with E-state index in [-0.39, 0.29) is 12.5 Å². The molecule has 2 rings (SSSR count). The lowest BCUT2D eigenvalue weighted by atomic mass is 10.2. The van der Waals surface area contributed by atoms with Crippen LogP contribution in [0.3, 0.4) is 0 Å². The monoisotopic (exact) mass is 249 g/mol. The van der Waals surface area contributed by atoms with Gasteiger partial charge < -0.3 is 15.4 Å². The van der Waals surface area contributed by atoms with Crippen molar-refractivity contribution in [1.29, 1.82) is 0 Å². The molecule has 1 aromatic heterocycles. The van der Waals surface area contributed by atoms with Crippen molar-refractivity contribution in [3.05, 3.63) is 30.1 Å². The van der Waals surface area contributed by atoms with Gasteiger partial charge >= 0.3 is 0 Å². The van der Waals surface area contributed by atoms with Gasteiger partial charge in [0.15, 0.2) is 0 Å². The van der Waals surface area contributed by atoms with E-state index in [0.717, 1.165) is 18.5 Å². The van der Waals surface area contributed by atoms with Crippen LogP contribution < -0.4 is 5.73 Å². The minimum absolute atomic E-state index is 0.0341. The van der Waals surface area contributed by atoms with Crippen LogP contribution in [0.4, 0.5) is 0 Å². The number of nitrogens with zero attached hydrogens (tertiary/aromatic N) is 2. The summed E-state index contributed by atoms with van der Waals surface area (Å²) in [6, 6.07) is 6.04. The number of carbonyl (C=O) groups is 1. The maximum Gasteiger partial charge on any atom is 0.253 e. The Morgan fingerprint density at radius 2 is 2.39 bits per heavy atom. The zero-order valence-electron chi connectivity index (χ0n) is 10.6. The van der Waals surface area contributed by atoms with Crippen LogP contribution in [0.25, 0.3) is 0 Å². The number of methoxy groups -OCH3 is 1. The minimum atomic E-state index is -0.547. The van der Waals surface area contributed by atoms with E-state index in [4.69, 9.17) is 10.5 Å². The quantitative estimate of drug-likeness (QED) is 0.799. The molecule has 98 valence electrons. The topological polar surface area (TPSA) is 68.5 Å². The lowest BCUT2D eigenvalue weighted by Crippen LogP contribution is -2.44. The number of aromatic nitrogens is 1. The highest BCUT2D eigenvalue weighted by atomic mass is 16.5. The number of hydrogen-bond donors (Lipinski definition) is 1. The SMILES string of the molecule is COC(CN)C(=O)N(Cc1ccccn1)C1CC1. The van der Waals surface area contributed by atoms with E-state index < -0.39 is 6.10 Å².